The molecule has 0 unspecified atom stereocenters. The van der Waals surface area contributed by atoms with Gasteiger partial charge in [0.05, 0.1) is 6.54 Å². The Morgan fingerprint density at radius 1 is 1.09 bits per heavy atom. The molecule has 1 aliphatic carbocycles. The number of amides is 2. The fourth-order valence-corrected chi connectivity index (χ4v) is 4.11. The summed E-state index contributed by atoms with van der Waals surface area (Å²) in [7, 11) is 2.00. The fourth-order valence-electron chi connectivity index (χ4n) is 4.11. The van der Waals surface area contributed by atoms with E-state index < -0.39 is 0 Å². The lowest BCUT2D eigenvalue weighted by Gasteiger charge is -2.29. The first kappa shape index (κ1) is 24.1. The number of nitrogens with zero attached hydrogens (tertiary/aromatic N) is 3. The van der Waals surface area contributed by atoms with E-state index in [0.717, 1.165) is 25.0 Å². The van der Waals surface area contributed by atoms with E-state index in [4.69, 9.17) is 0 Å². The van der Waals surface area contributed by atoms with Crippen molar-refractivity contribution in [2.24, 2.45) is 13.0 Å². The number of unbranched alkanes of at least 4 members (excludes halogenated alkanes) is 2. The minimum atomic E-state index is -0.0238. The monoisotopic (exact) mass is 437 g/mol. The highest BCUT2D eigenvalue weighted by Gasteiger charge is 2.35. The highest BCUT2D eigenvalue weighted by Crippen LogP contribution is 2.28. The van der Waals surface area contributed by atoms with Gasteiger partial charge in [0, 0.05) is 37.1 Å². The standard InChI is InChI=1S/C27H39N3O2/c1-5-6-7-9-22-11-13-23(14-12-22)27(32)30(24-15-16-24)20-26(31)29(18-21(2)3)19-25-10-8-17-28(25)4/h8,10-14,17,21,24H,5-7,9,15-16,18-20H2,1-4H3. The Balaban J connectivity index is 1.68. The van der Waals surface area contributed by atoms with E-state index >= 15 is 0 Å². The van der Waals surface area contributed by atoms with Crippen molar-refractivity contribution in [3.63, 3.8) is 0 Å². The zero-order valence-corrected chi connectivity index (χ0v) is 20.2. The molecule has 1 heterocycles. The SMILES string of the molecule is CCCCCc1ccc(C(=O)N(CC(=O)N(Cc2cccn2C)CC(C)C)C2CC2)cc1. The molecule has 3 rings (SSSR count). The Morgan fingerprint density at radius 2 is 1.81 bits per heavy atom. The fraction of sp³-hybridized carbons (Fsp3) is 0.556. The summed E-state index contributed by atoms with van der Waals surface area (Å²) in [5.74, 6) is 0.366. The van der Waals surface area contributed by atoms with Crippen LogP contribution in [0.4, 0.5) is 0 Å². The van der Waals surface area contributed by atoms with E-state index in [1.54, 1.807) is 4.90 Å². The number of benzene rings is 1. The quantitative estimate of drug-likeness (QED) is 0.436. The highest BCUT2D eigenvalue weighted by atomic mass is 16.2. The van der Waals surface area contributed by atoms with E-state index in [0.29, 0.717) is 24.6 Å². The van der Waals surface area contributed by atoms with Crippen molar-refractivity contribution in [2.75, 3.05) is 13.1 Å². The zero-order valence-electron chi connectivity index (χ0n) is 20.2. The molecule has 1 aromatic heterocycles. The first-order chi connectivity index (χ1) is 15.4. The van der Waals surface area contributed by atoms with E-state index in [9.17, 15) is 9.59 Å². The number of aromatic nitrogens is 1. The molecule has 0 atom stereocenters. The number of rotatable bonds is 12. The van der Waals surface area contributed by atoms with Crippen LogP contribution in [0.15, 0.2) is 42.6 Å². The van der Waals surface area contributed by atoms with Gasteiger partial charge in [-0.3, -0.25) is 9.59 Å². The Morgan fingerprint density at radius 3 is 2.38 bits per heavy atom. The average Bonchev–Trinajstić information content (AvgIpc) is 3.53. The Kier molecular flexibility index (Phi) is 8.54. The molecule has 5 heteroatoms. The summed E-state index contributed by atoms with van der Waals surface area (Å²) in [6.07, 6.45) is 8.63. The second-order valence-electron chi connectivity index (χ2n) is 9.60. The van der Waals surface area contributed by atoms with Gasteiger partial charge in [-0.25, -0.2) is 0 Å². The lowest BCUT2D eigenvalue weighted by atomic mass is 10.0. The molecular weight excluding hydrogens is 398 g/mol. The molecule has 0 radical (unpaired) electrons. The lowest BCUT2D eigenvalue weighted by molar-refractivity contribution is -0.133. The van der Waals surface area contributed by atoms with Crippen LogP contribution in [0.5, 0.6) is 0 Å². The lowest BCUT2D eigenvalue weighted by Crippen LogP contribution is -2.45. The maximum atomic E-state index is 13.3. The number of aryl methyl sites for hydroxylation is 2. The Labute approximate surface area is 193 Å². The molecular formula is C27H39N3O2. The van der Waals surface area contributed by atoms with Gasteiger partial charge in [0.2, 0.25) is 5.91 Å². The largest absolute Gasteiger partial charge is 0.353 e. The molecule has 5 nitrogen and oxygen atoms in total. The molecule has 2 amide bonds. The summed E-state index contributed by atoms with van der Waals surface area (Å²) in [5.41, 5.74) is 3.05. The van der Waals surface area contributed by atoms with E-state index in [1.807, 2.05) is 47.0 Å². The van der Waals surface area contributed by atoms with Crippen LogP contribution >= 0.6 is 0 Å². The van der Waals surface area contributed by atoms with Crippen LogP contribution in [0.25, 0.3) is 0 Å². The second-order valence-corrected chi connectivity index (χ2v) is 9.60. The number of hydrogen-bond acceptors (Lipinski definition) is 2. The molecule has 1 aliphatic rings. The third-order valence-corrected chi connectivity index (χ3v) is 6.17. The maximum absolute atomic E-state index is 13.3. The summed E-state index contributed by atoms with van der Waals surface area (Å²) in [6, 6.07) is 12.2. The van der Waals surface area contributed by atoms with Crippen LogP contribution in [0.1, 0.15) is 74.5 Å². The van der Waals surface area contributed by atoms with Gasteiger partial charge in [-0.1, -0.05) is 45.7 Å². The summed E-state index contributed by atoms with van der Waals surface area (Å²) in [6.45, 7) is 7.85. The van der Waals surface area contributed by atoms with Gasteiger partial charge < -0.3 is 14.4 Å². The second kappa shape index (κ2) is 11.3. The number of carbonyl (C=O) groups excluding carboxylic acids is 2. The van der Waals surface area contributed by atoms with Crippen molar-refractivity contribution in [1.29, 1.82) is 0 Å². The van der Waals surface area contributed by atoms with Crippen LogP contribution in [0.2, 0.25) is 0 Å². The summed E-state index contributed by atoms with van der Waals surface area (Å²) < 4.78 is 2.05. The van der Waals surface area contributed by atoms with Gasteiger partial charge in [-0.2, -0.15) is 0 Å². The van der Waals surface area contributed by atoms with Crippen molar-refractivity contribution in [3.8, 4) is 0 Å². The van der Waals surface area contributed by atoms with Crippen molar-refractivity contribution >= 4 is 11.8 Å². The minimum absolute atomic E-state index is 0.0238. The van der Waals surface area contributed by atoms with Crippen molar-refractivity contribution in [3.05, 3.63) is 59.4 Å². The number of hydrogen-bond donors (Lipinski definition) is 0. The zero-order chi connectivity index (χ0) is 23.1. The molecule has 0 bridgehead atoms. The van der Waals surface area contributed by atoms with Crippen molar-refractivity contribution in [1.82, 2.24) is 14.4 Å². The smallest absolute Gasteiger partial charge is 0.254 e. The van der Waals surface area contributed by atoms with Gasteiger partial charge >= 0.3 is 0 Å². The van der Waals surface area contributed by atoms with Crippen LogP contribution in [-0.2, 0) is 24.8 Å². The maximum Gasteiger partial charge on any atom is 0.254 e. The molecule has 1 fully saturated rings. The van der Waals surface area contributed by atoms with Gasteiger partial charge in [0.15, 0.2) is 0 Å². The predicted octanol–water partition coefficient (Wildman–Crippen LogP) is 5.05. The summed E-state index contributed by atoms with van der Waals surface area (Å²) in [5, 5.41) is 0. The van der Waals surface area contributed by atoms with E-state index in [1.165, 1.54) is 24.8 Å². The Hall–Kier alpha value is -2.56. The van der Waals surface area contributed by atoms with Gasteiger partial charge in [-0.05, 0) is 61.4 Å². The van der Waals surface area contributed by atoms with Crippen LogP contribution in [0, 0.1) is 5.92 Å². The van der Waals surface area contributed by atoms with E-state index in [-0.39, 0.29) is 24.4 Å². The topological polar surface area (TPSA) is 45.6 Å². The van der Waals surface area contributed by atoms with Crippen molar-refractivity contribution < 1.29 is 9.59 Å². The summed E-state index contributed by atoms with van der Waals surface area (Å²) in [4.78, 5) is 30.3. The number of carbonyl (C=O) groups is 2. The van der Waals surface area contributed by atoms with Gasteiger partial charge in [0.25, 0.3) is 5.91 Å². The predicted molar refractivity (Wildman–Crippen MR) is 129 cm³/mol. The summed E-state index contributed by atoms with van der Waals surface area (Å²) >= 11 is 0. The highest BCUT2D eigenvalue weighted by molar-refractivity contribution is 5.97. The molecule has 1 saturated carbocycles. The Bertz CT molecular complexity index is 881. The van der Waals surface area contributed by atoms with Crippen LogP contribution < -0.4 is 0 Å². The molecule has 1 aromatic carbocycles. The molecule has 0 saturated heterocycles. The third kappa shape index (κ3) is 6.72. The molecule has 0 N–H and O–H groups in total. The molecule has 174 valence electrons. The van der Waals surface area contributed by atoms with Crippen LogP contribution in [-0.4, -0.2) is 45.3 Å². The van der Waals surface area contributed by atoms with Crippen LogP contribution in [0.3, 0.4) is 0 Å². The minimum Gasteiger partial charge on any atom is -0.353 e. The first-order valence-corrected chi connectivity index (χ1v) is 12.2. The average molecular weight is 438 g/mol. The molecule has 32 heavy (non-hydrogen) atoms. The third-order valence-electron chi connectivity index (χ3n) is 6.17. The van der Waals surface area contributed by atoms with Gasteiger partial charge in [0.1, 0.15) is 6.54 Å². The molecule has 0 spiro atoms. The van der Waals surface area contributed by atoms with Crippen molar-refractivity contribution in [2.45, 2.75) is 71.9 Å². The first-order valence-electron chi connectivity index (χ1n) is 12.2. The van der Waals surface area contributed by atoms with E-state index in [2.05, 4.69) is 32.9 Å². The normalized spacial score (nSPS) is 13.4. The molecule has 2 aromatic rings. The molecule has 0 aliphatic heterocycles. The van der Waals surface area contributed by atoms with Gasteiger partial charge in [-0.15, -0.1) is 0 Å².